The van der Waals surface area contributed by atoms with Crippen molar-refractivity contribution in [2.75, 3.05) is 0 Å². The average Bonchev–Trinajstić information content (AvgIpc) is 3.43. The van der Waals surface area contributed by atoms with Crippen molar-refractivity contribution in [1.29, 1.82) is 5.26 Å². The number of sulfonamides is 1. The summed E-state index contributed by atoms with van der Waals surface area (Å²) in [6, 6.07) is 12.2. The summed E-state index contributed by atoms with van der Waals surface area (Å²) >= 11 is 0. The Morgan fingerprint density at radius 1 is 1.14 bits per heavy atom. The van der Waals surface area contributed by atoms with Crippen molar-refractivity contribution < 1.29 is 8.42 Å². The number of nitriles is 1. The summed E-state index contributed by atoms with van der Waals surface area (Å²) in [4.78, 5) is 4.33. The smallest absolute Gasteiger partial charge is 0.239 e. The summed E-state index contributed by atoms with van der Waals surface area (Å²) in [5, 5.41) is 16.1. The molecule has 0 unspecified atom stereocenters. The molecule has 0 atom stereocenters. The lowest BCUT2D eigenvalue weighted by Gasteiger charge is -2.30. The molecule has 2 aliphatic rings. The second kappa shape index (κ2) is 6.16. The second-order valence-electron chi connectivity index (χ2n) is 7.77. The molecule has 7 heteroatoms. The number of hydrogen-bond donors (Lipinski definition) is 1. The molecule has 0 spiro atoms. The highest BCUT2D eigenvalue weighted by Crippen LogP contribution is 2.45. The number of hydrogen-bond acceptors (Lipinski definition) is 4. The zero-order valence-electron chi connectivity index (χ0n) is 15.3. The van der Waals surface area contributed by atoms with E-state index in [9.17, 15) is 13.7 Å². The largest absolute Gasteiger partial charge is 0.335 e. The van der Waals surface area contributed by atoms with E-state index < -0.39 is 10.0 Å². The molecular weight excluding hydrogens is 372 g/mol. The third-order valence-electron chi connectivity index (χ3n) is 5.94. The lowest BCUT2D eigenvalue weighted by atomic mass is 9.92. The predicted molar refractivity (Wildman–Crippen MR) is 106 cm³/mol. The Kier molecular flexibility index (Phi) is 3.83. The van der Waals surface area contributed by atoms with Gasteiger partial charge in [0.25, 0.3) is 0 Å². The highest BCUT2D eigenvalue weighted by atomic mass is 32.2. The van der Waals surface area contributed by atoms with E-state index in [-0.39, 0.29) is 4.90 Å². The lowest BCUT2D eigenvalue weighted by Crippen LogP contribution is -2.18. The van der Waals surface area contributed by atoms with E-state index in [1.165, 1.54) is 37.1 Å². The second-order valence-corrected chi connectivity index (χ2v) is 9.33. The first-order valence-electron chi connectivity index (χ1n) is 9.54. The summed E-state index contributed by atoms with van der Waals surface area (Å²) in [5.41, 5.74) is 4.38. The van der Waals surface area contributed by atoms with Gasteiger partial charge in [0.05, 0.1) is 22.5 Å². The Bertz CT molecular complexity index is 1230. The first kappa shape index (κ1) is 17.4. The zero-order chi connectivity index (χ0) is 19.5. The fourth-order valence-electron chi connectivity index (χ4n) is 4.08. The number of rotatable bonds is 4. The summed E-state index contributed by atoms with van der Waals surface area (Å²) in [6.07, 6.45) is 7.04. The molecule has 0 aliphatic heterocycles. The van der Waals surface area contributed by atoms with E-state index in [1.807, 2.05) is 0 Å². The summed E-state index contributed by atoms with van der Waals surface area (Å²) in [5.74, 6) is 0.635. The van der Waals surface area contributed by atoms with Crippen LogP contribution in [0.2, 0.25) is 0 Å². The molecule has 142 valence electrons. The monoisotopic (exact) mass is 392 g/mol. The van der Waals surface area contributed by atoms with Gasteiger partial charge >= 0.3 is 0 Å². The Morgan fingerprint density at radius 2 is 1.93 bits per heavy atom. The fraction of sp³-hybridized carbons (Fsp3) is 0.333. The molecule has 0 saturated heterocycles. The van der Waals surface area contributed by atoms with E-state index in [0.717, 1.165) is 29.4 Å². The van der Waals surface area contributed by atoms with Crippen molar-refractivity contribution in [3.8, 4) is 17.5 Å². The van der Waals surface area contributed by atoms with E-state index in [4.69, 9.17) is 5.14 Å². The molecule has 28 heavy (non-hydrogen) atoms. The SMILES string of the molecule is N#Cc1c(-c2ccc(S(N)(=O)=O)cn2)n(C2CCC2)c2cc(C3CC3)ccc12. The molecule has 1 aromatic carbocycles. The molecule has 0 radical (unpaired) electrons. The third-order valence-corrected chi connectivity index (χ3v) is 6.83. The van der Waals surface area contributed by atoms with Crippen LogP contribution in [0.3, 0.4) is 0 Å². The van der Waals surface area contributed by atoms with Gasteiger partial charge in [-0.3, -0.25) is 4.98 Å². The van der Waals surface area contributed by atoms with Crippen LogP contribution in [0, 0.1) is 11.3 Å². The summed E-state index contributed by atoms with van der Waals surface area (Å²) < 4.78 is 25.4. The highest BCUT2D eigenvalue weighted by molar-refractivity contribution is 7.89. The van der Waals surface area contributed by atoms with Crippen molar-refractivity contribution >= 4 is 20.9 Å². The zero-order valence-corrected chi connectivity index (χ0v) is 16.1. The van der Waals surface area contributed by atoms with Gasteiger partial charge in [0.1, 0.15) is 11.0 Å². The molecule has 2 fully saturated rings. The minimum absolute atomic E-state index is 0.0305. The third kappa shape index (κ3) is 2.72. The number of fused-ring (bicyclic) bond motifs is 1. The molecule has 6 nitrogen and oxygen atoms in total. The Labute approximate surface area is 163 Å². The Morgan fingerprint density at radius 3 is 2.46 bits per heavy atom. The van der Waals surface area contributed by atoms with Crippen molar-refractivity contribution in [2.45, 2.75) is 49.0 Å². The quantitative estimate of drug-likeness (QED) is 0.729. The topological polar surface area (TPSA) is 102 Å². The lowest BCUT2D eigenvalue weighted by molar-refractivity contribution is 0.324. The first-order chi connectivity index (χ1) is 13.5. The maximum atomic E-state index is 11.6. The van der Waals surface area contributed by atoms with Crippen LogP contribution in [-0.2, 0) is 10.0 Å². The van der Waals surface area contributed by atoms with Gasteiger partial charge in [0.2, 0.25) is 10.0 Å². The van der Waals surface area contributed by atoms with E-state index in [1.54, 1.807) is 6.07 Å². The maximum absolute atomic E-state index is 11.6. The highest BCUT2D eigenvalue weighted by Gasteiger charge is 2.30. The van der Waals surface area contributed by atoms with Crippen LogP contribution in [-0.4, -0.2) is 18.0 Å². The van der Waals surface area contributed by atoms with Gasteiger partial charge in [-0.25, -0.2) is 13.6 Å². The average molecular weight is 392 g/mol. The van der Waals surface area contributed by atoms with E-state index >= 15 is 0 Å². The van der Waals surface area contributed by atoms with E-state index in [2.05, 4.69) is 33.8 Å². The number of nitrogens with two attached hydrogens (primary N) is 1. The normalized spacial score (nSPS) is 17.4. The van der Waals surface area contributed by atoms with Crippen LogP contribution in [0.1, 0.15) is 55.2 Å². The van der Waals surface area contributed by atoms with Crippen LogP contribution in [0.4, 0.5) is 0 Å². The van der Waals surface area contributed by atoms with Crippen LogP contribution in [0.25, 0.3) is 22.3 Å². The van der Waals surface area contributed by atoms with Gasteiger partial charge in [-0.2, -0.15) is 5.26 Å². The molecule has 2 N–H and O–H groups in total. The van der Waals surface area contributed by atoms with Crippen LogP contribution >= 0.6 is 0 Å². The molecule has 2 aliphatic carbocycles. The van der Waals surface area contributed by atoms with Gasteiger partial charge in [0.15, 0.2) is 0 Å². The van der Waals surface area contributed by atoms with Gasteiger partial charge < -0.3 is 4.57 Å². The minimum Gasteiger partial charge on any atom is -0.335 e. The number of benzene rings is 1. The molecule has 2 heterocycles. The molecular formula is C21H20N4O2S. The standard InChI is InChI=1S/C21H20N4O2S/c22-11-18-17-8-6-14(13-4-5-13)10-20(17)25(15-2-1-3-15)21(18)19-9-7-16(12-24-19)28(23,26)27/h6-10,12-13,15H,1-5H2,(H2,23,26,27). The number of aromatic nitrogens is 2. The Balaban J connectivity index is 1.76. The van der Waals surface area contributed by atoms with Gasteiger partial charge in [0, 0.05) is 17.6 Å². The van der Waals surface area contributed by atoms with Crippen molar-refractivity contribution in [2.24, 2.45) is 5.14 Å². The molecule has 5 rings (SSSR count). The Hall–Kier alpha value is -2.69. The molecule has 2 saturated carbocycles. The van der Waals surface area contributed by atoms with Crippen LogP contribution in [0.5, 0.6) is 0 Å². The van der Waals surface area contributed by atoms with Crippen LogP contribution < -0.4 is 5.14 Å². The number of primary sulfonamides is 1. The summed E-state index contributed by atoms with van der Waals surface area (Å²) in [6.45, 7) is 0. The van der Waals surface area contributed by atoms with Gasteiger partial charge in [-0.05, 0) is 61.8 Å². The number of pyridine rings is 1. The molecule has 0 bridgehead atoms. The van der Waals surface area contributed by atoms with Gasteiger partial charge in [-0.1, -0.05) is 12.1 Å². The van der Waals surface area contributed by atoms with Crippen molar-refractivity contribution in [1.82, 2.24) is 9.55 Å². The number of nitrogens with zero attached hydrogens (tertiary/aromatic N) is 3. The van der Waals surface area contributed by atoms with Crippen LogP contribution in [0.15, 0.2) is 41.4 Å². The molecule has 2 aromatic heterocycles. The molecule has 3 aromatic rings. The minimum atomic E-state index is -3.80. The summed E-state index contributed by atoms with van der Waals surface area (Å²) in [7, 11) is -3.80. The predicted octanol–water partition coefficient (Wildman–Crippen LogP) is 3.82. The fourth-order valence-corrected chi connectivity index (χ4v) is 4.53. The van der Waals surface area contributed by atoms with Gasteiger partial charge in [-0.15, -0.1) is 0 Å². The maximum Gasteiger partial charge on any atom is 0.239 e. The van der Waals surface area contributed by atoms with Crippen molar-refractivity contribution in [3.05, 3.63) is 47.7 Å². The first-order valence-corrected chi connectivity index (χ1v) is 11.1. The molecule has 0 amide bonds. The van der Waals surface area contributed by atoms with E-state index in [0.29, 0.717) is 23.2 Å². The van der Waals surface area contributed by atoms with Crippen molar-refractivity contribution in [3.63, 3.8) is 0 Å².